The maximum absolute atomic E-state index is 12.3. The Hall–Kier alpha value is -1.82. The first-order chi connectivity index (χ1) is 9.17. The van der Waals surface area contributed by atoms with E-state index in [0.29, 0.717) is 11.3 Å². The molecule has 0 unspecified atom stereocenters. The molecule has 0 radical (unpaired) electrons. The third-order valence-corrected chi connectivity index (χ3v) is 3.74. The van der Waals surface area contributed by atoms with Gasteiger partial charge in [-0.2, -0.15) is 11.3 Å². The van der Waals surface area contributed by atoms with Crippen LogP contribution >= 0.6 is 11.3 Å². The van der Waals surface area contributed by atoms with E-state index in [1.54, 1.807) is 0 Å². The van der Waals surface area contributed by atoms with E-state index in [2.05, 4.69) is 10.5 Å². The molecule has 0 saturated heterocycles. The minimum Gasteiger partial charge on any atom is -0.367 e. The number of hydrogen-bond acceptors (Lipinski definition) is 5. The van der Waals surface area contributed by atoms with E-state index < -0.39 is 0 Å². The smallest absolute Gasteiger partial charge is 0.259 e. The van der Waals surface area contributed by atoms with Gasteiger partial charge < -0.3 is 15.6 Å². The monoisotopic (exact) mass is 279 g/mol. The molecule has 102 valence electrons. The Kier molecular flexibility index (Phi) is 4.21. The average Bonchev–Trinajstić information content (AvgIpc) is 3.04. The summed E-state index contributed by atoms with van der Waals surface area (Å²) < 4.78 is 4.96. The lowest BCUT2D eigenvalue weighted by atomic mass is 10.1. The summed E-state index contributed by atoms with van der Waals surface area (Å²) in [4.78, 5) is 12.3. The number of carbonyl (C=O) groups is 1. The minimum absolute atomic E-state index is 0.0599. The predicted octanol–water partition coefficient (Wildman–Crippen LogP) is 2.90. The highest BCUT2D eigenvalue weighted by molar-refractivity contribution is 7.08. The van der Waals surface area contributed by atoms with Crippen LogP contribution in [0.4, 0.5) is 5.88 Å². The van der Waals surface area contributed by atoms with Gasteiger partial charge in [-0.05, 0) is 24.3 Å². The van der Waals surface area contributed by atoms with Crippen molar-refractivity contribution < 1.29 is 9.32 Å². The molecule has 2 rings (SSSR count). The lowest BCUT2D eigenvalue weighted by Gasteiger charge is -2.14. The minimum atomic E-state index is -0.228. The van der Waals surface area contributed by atoms with Crippen LogP contribution in [0, 0.1) is 0 Å². The van der Waals surface area contributed by atoms with Crippen LogP contribution in [-0.2, 0) is 0 Å². The Balaban J connectivity index is 2.29. The molecule has 0 aromatic carbocycles. The zero-order valence-corrected chi connectivity index (χ0v) is 11.8. The van der Waals surface area contributed by atoms with Gasteiger partial charge >= 0.3 is 0 Å². The highest BCUT2D eigenvalue weighted by atomic mass is 32.1. The van der Waals surface area contributed by atoms with Gasteiger partial charge in [0.2, 0.25) is 5.88 Å². The molecule has 3 N–H and O–H groups in total. The third-order valence-electron chi connectivity index (χ3n) is 3.06. The molecule has 0 atom stereocenters. The van der Waals surface area contributed by atoms with Crippen molar-refractivity contribution in [2.24, 2.45) is 0 Å². The van der Waals surface area contributed by atoms with Gasteiger partial charge in [0.05, 0.1) is 0 Å². The molecule has 0 aliphatic carbocycles. The summed E-state index contributed by atoms with van der Waals surface area (Å²) in [6, 6.07) is 2.02. The number of nitrogens with zero attached hydrogens (tertiary/aromatic N) is 1. The number of carbonyl (C=O) groups excluding carboxylic acids is 1. The summed E-state index contributed by atoms with van der Waals surface area (Å²) in [5.41, 5.74) is 7.39. The molecule has 0 bridgehead atoms. The standard InChI is InChI=1S/C13H17N3O2S/c1-3-9(4-2)15-13(17)10-11(16-18-12(10)14)8-5-6-19-7-8/h5-7,9H,3-4,14H2,1-2H3,(H,15,17). The Morgan fingerprint density at radius 2 is 2.26 bits per heavy atom. The fourth-order valence-corrected chi connectivity index (χ4v) is 2.51. The summed E-state index contributed by atoms with van der Waals surface area (Å²) in [6.45, 7) is 4.07. The number of amides is 1. The summed E-state index contributed by atoms with van der Waals surface area (Å²) in [6.07, 6.45) is 1.75. The topological polar surface area (TPSA) is 81.2 Å². The van der Waals surface area contributed by atoms with Crippen molar-refractivity contribution in [2.75, 3.05) is 5.73 Å². The van der Waals surface area contributed by atoms with Crippen molar-refractivity contribution in [1.29, 1.82) is 0 Å². The molecule has 5 nitrogen and oxygen atoms in total. The van der Waals surface area contributed by atoms with Crippen molar-refractivity contribution in [2.45, 2.75) is 32.7 Å². The zero-order chi connectivity index (χ0) is 13.8. The number of nitrogens with one attached hydrogen (secondary N) is 1. The van der Waals surface area contributed by atoms with Gasteiger partial charge in [-0.3, -0.25) is 4.79 Å². The van der Waals surface area contributed by atoms with Crippen LogP contribution in [0.15, 0.2) is 21.3 Å². The van der Waals surface area contributed by atoms with Gasteiger partial charge in [0.1, 0.15) is 11.3 Å². The number of rotatable bonds is 5. The van der Waals surface area contributed by atoms with Crippen LogP contribution in [0.5, 0.6) is 0 Å². The first kappa shape index (κ1) is 13.6. The number of thiophene rings is 1. The first-order valence-electron chi connectivity index (χ1n) is 6.25. The number of nitrogen functional groups attached to an aromatic ring is 1. The van der Waals surface area contributed by atoms with Crippen LogP contribution in [0.2, 0.25) is 0 Å². The van der Waals surface area contributed by atoms with Crippen LogP contribution in [0.1, 0.15) is 37.0 Å². The summed E-state index contributed by atoms with van der Waals surface area (Å²) in [5, 5.41) is 10.7. The Morgan fingerprint density at radius 3 is 2.84 bits per heavy atom. The Labute approximate surface area is 115 Å². The molecule has 0 aliphatic rings. The van der Waals surface area contributed by atoms with Gasteiger partial charge in [0.25, 0.3) is 5.91 Å². The zero-order valence-electron chi connectivity index (χ0n) is 11.0. The molecule has 0 spiro atoms. The summed E-state index contributed by atoms with van der Waals surface area (Å²) >= 11 is 1.53. The molecule has 0 saturated carbocycles. The van der Waals surface area contributed by atoms with E-state index in [9.17, 15) is 4.79 Å². The largest absolute Gasteiger partial charge is 0.367 e. The van der Waals surface area contributed by atoms with Crippen molar-refractivity contribution in [1.82, 2.24) is 10.5 Å². The normalized spacial score (nSPS) is 10.9. The lowest BCUT2D eigenvalue weighted by Crippen LogP contribution is -2.34. The maximum Gasteiger partial charge on any atom is 0.259 e. The second-order valence-corrected chi connectivity index (χ2v) is 5.05. The van der Waals surface area contributed by atoms with Gasteiger partial charge in [0.15, 0.2) is 0 Å². The van der Waals surface area contributed by atoms with E-state index in [0.717, 1.165) is 18.4 Å². The number of hydrogen-bond donors (Lipinski definition) is 2. The molecular formula is C13H17N3O2S. The van der Waals surface area contributed by atoms with Crippen LogP contribution in [0.3, 0.4) is 0 Å². The average molecular weight is 279 g/mol. The second-order valence-electron chi connectivity index (χ2n) is 4.27. The van der Waals surface area contributed by atoms with E-state index in [4.69, 9.17) is 10.3 Å². The van der Waals surface area contributed by atoms with E-state index in [-0.39, 0.29) is 17.8 Å². The Bertz CT molecular complexity index is 544. The van der Waals surface area contributed by atoms with Crippen molar-refractivity contribution in [3.8, 4) is 11.3 Å². The molecule has 2 aromatic rings. The van der Waals surface area contributed by atoms with Crippen LogP contribution in [-0.4, -0.2) is 17.1 Å². The van der Waals surface area contributed by atoms with E-state index in [1.165, 1.54) is 11.3 Å². The molecule has 6 heteroatoms. The molecule has 1 amide bonds. The highest BCUT2D eigenvalue weighted by Gasteiger charge is 2.23. The van der Waals surface area contributed by atoms with E-state index in [1.807, 2.05) is 30.7 Å². The maximum atomic E-state index is 12.3. The fourth-order valence-electron chi connectivity index (χ4n) is 1.87. The van der Waals surface area contributed by atoms with Gasteiger partial charge in [-0.25, -0.2) is 0 Å². The molecular weight excluding hydrogens is 262 g/mol. The fraction of sp³-hybridized carbons (Fsp3) is 0.385. The van der Waals surface area contributed by atoms with Crippen LogP contribution in [0.25, 0.3) is 11.3 Å². The van der Waals surface area contributed by atoms with Gasteiger partial charge in [-0.1, -0.05) is 19.0 Å². The Morgan fingerprint density at radius 1 is 1.53 bits per heavy atom. The van der Waals surface area contributed by atoms with Gasteiger partial charge in [-0.15, -0.1) is 0 Å². The lowest BCUT2D eigenvalue weighted by molar-refractivity contribution is 0.0936. The molecule has 19 heavy (non-hydrogen) atoms. The third kappa shape index (κ3) is 2.78. The predicted molar refractivity (Wildman–Crippen MR) is 76.1 cm³/mol. The number of nitrogens with two attached hydrogens (primary N) is 1. The quantitative estimate of drug-likeness (QED) is 0.881. The first-order valence-corrected chi connectivity index (χ1v) is 7.20. The molecule has 0 aliphatic heterocycles. The van der Waals surface area contributed by atoms with Crippen LogP contribution < -0.4 is 11.1 Å². The highest BCUT2D eigenvalue weighted by Crippen LogP contribution is 2.28. The number of anilines is 1. The summed E-state index contributed by atoms with van der Waals surface area (Å²) in [7, 11) is 0. The SMILES string of the molecule is CCC(CC)NC(=O)c1c(-c2ccsc2)noc1N. The molecule has 0 fully saturated rings. The van der Waals surface area contributed by atoms with Crippen molar-refractivity contribution >= 4 is 23.1 Å². The number of aromatic nitrogens is 1. The van der Waals surface area contributed by atoms with Gasteiger partial charge in [0, 0.05) is 17.0 Å². The molecule has 2 heterocycles. The van der Waals surface area contributed by atoms with Crippen molar-refractivity contribution in [3.63, 3.8) is 0 Å². The second kappa shape index (κ2) is 5.88. The summed E-state index contributed by atoms with van der Waals surface area (Å²) in [5.74, 6) is -0.168. The molecule has 2 aromatic heterocycles. The van der Waals surface area contributed by atoms with E-state index >= 15 is 0 Å². The van der Waals surface area contributed by atoms with Crippen molar-refractivity contribution in [3.05, 3.63) is 22.4 Å².